The van der Waals surface area contributed by atoms with Crippen molar-refractivity contribution in [3.8, 4) is 11.5 Å². The highest BCUT2D eigenvalue weighted by Gasteiger charge is 2.30. The number of piperidine rings is 2. The molecular formula is C22H33N3O3. The molecule has 6 nitrogen and oxygen atoms in total. The van der Waals surface area contributed by atoms with Crippen molar-refractivity contribution in [2.45, 2.75) is 56.7 Å². The first kappa shape index (κ1) is 19.5. The largest absolute Gasteiger partial charge is 0.497 e. The van der Waals surface area contributed by atoms with Crippen LogP contribution in [0.15, 0.2) is 18.2 Å². The van der Waals surface area contributed by atoms with E-state index in [0.717, 1.165) is 44.5 Å². The number of rotatable bonds is 6. The summed E-state index contributed by atoms with van der Waals surface area (Å²) < 4.78 is 11.7. The van der Waals surface area contributed by atoms with Crippen molar-refractivity contribution in [2.75, 3.05) is 40.3 Å². The van der Waals surface area contributed by atoms with Crippen molar-refractivity contribution in [3.05, 3.63) is 23.8 Å². The molecule has 0 aromatic heterocycles. The van der Waals surface area contributed by atoms with Gasteiger partial charge in [-0.15, -0.1) is 0 Å². The molecule has 2 saturated heterocycles. The van der Waals surface area contributed by atoms with Gasteiger partial charge >= 0.3 is 0 Å². The van der Waals surface area contributed by atoms with Crippen molar-refractivity contribution in [2.24, 2.45) is 0 Å². The molecule has 28 heavy (non-hydrogen) atoms. The monoisotopic (exact) mass is 387 g/mol. The fourth-order valence-corrected chi connectivity index (χ4v) is 4.30. The number of methoxy groups -OCH3 is 1. The van der Waals surface area contributed by atoms with Gasteiger partial charge in [-0.05, 0) is 70.8 Å². The molecule has 0 bridgehead atoms. The number of hydrogen-bond donors (Lipinski definition) is 1. The van der Waals surface area contributed by atoms with E-state index in [9.17, 15) is 4.79 Å². The second kappa shape index (κ2) is 8.70. The van der Waals surface area contributed by atoms with E-state index in [0.29, 0.717) is 23.4 Å². The molecule has 1 aromatic rings. The van der Waals surface area contributed by atoms with Crippen molar-refractivity contribution < 1.29 is 14.3 Å². The van der Waals surface area contributed by atoms with Crippen LogP contribution in [-0.2, 0) is 0 Å². The van der Waals surface area contributed by atoms with Crippen LogP contribution in [0.5, 0.6) is 11.5 Å². The van der Waals surface area contributed by atoms with Crippen LogP contribution in [0.2, 0.25) is 0 Å². The van der Waals surface area contributed by atoms with E-state index in [2.05, 4.69) is 22.2 Å². The quantitative estimate of drug-likeness (QED) is 0.813. The van der Waals surface area contributed by atoms with E-state index in [1.807, 2.05) is 18.2 Å². The van der Waals surface area contributed by atoms with Crippen molar-refractivity contribution >= 4 is 5.91 Å². The van der Waals surface area contributed by atoms with E-state index in [-0.39, 0.29) is 12.0 Å². The van der Waals surface area contributed by atoms with Crippen LogP contribution in [0.3, 0.4) is 0 Å². The summed E-state index contributed by atoms with van der Waals surface area (Å²) in [5, 5.41) is 3.07. The second-order valence-electron chi connectivity index (χ2n) is 8.50. The third-order valence-electron chi connectivity index (χ3n) is 6.32. The molecular weight excluding hydrogens is 354 g/mol. The number of ether oxygens (including phenoxy) is 2. The molecule has 1 aliphatic carbocycles. The van der Waals surface area contributed by atoms with Gasteiger partial charge in [0.1, 0.15) is 17.6 Å². The number of carbonyl (C=O) groups excluding carboxylic acids is 1. The summed E-state index contributed by atoms with van der Waals surface area (Å²) in [6, 6.07) is 6.55. The van der Waals surface area contributed by atoms with Gasteiger partial charge in [-0.3, -0.25) is 4.79 Å². The number of nitrogens with zero attached hydrogens (tertiary/aromatic N) is 2. The number of benzene rings is 1. The van der Waals surface area contributed by atoms with Gasteiger partial charge in [0.05, 0.1) is 12.7 Å². The number of carbonyl (C=O) groups is 1. The standard InChI is InChI=1S/C22H33N3O3/c1-24-11-7-17(8-12-24)25-13-9-18(10-14-25)28-21-15-19(27-2)5-6-20(21)22(26)23-16-3-4-16/h5-6,15-18H,3-4,7-14H2,1-2H3,(H,23,26). The van der Waals surface area contributed by atoms with E-state index in [4.69, 9.17) is 9.47 Å². The van der Waals surface area contributed by atoms with Crippen LogP contribution < -0.4 is 14.8 Å². The lowest BCUT2D eigenvalue weighted by atomic mass is 9.99. The molecule has 2 aliphatic heterocycles. The molecule has 1 saturated carbocycles. The van der Waals surface area contributed by atoms with Crippen LogP contribution >= 0.6 is 0 Å². The first-order chi connectivity index (χ1) is 13.6. The molecule has 1 amide bonds. The highest BCUT2D eigenvalue weighted by Crippen LogP contribution is 2.30. The van der Waals surface area contributed by atoms with Gasteiger partial charge in [0.25, 0.3) is 5.91 Å². The van der Waals surface area contributed by atoms with Gasteiger partial charge in [0, 0.05) is 31.2 Å². The van der Waals surface area contributed by atoms with Crippen molar-refractivity contribution in [3.63, 3.8) is 0 Å². The van der Waals surface area contributed by atoms with Crippen LogP contribution in [0, 0.1) is 0 Å². The Labute approximate surface area is 168 Å². The maximum Gasteiger partial charge on any atom is 0.255 e. The van der Waals surface area contributed by atoms with Crippen LogP contribution in [-0.4, -0.2) is 74.2 Å². The molecule has 3 aliphatic rings. The molecule has 154 valence electrons. The Balaban J connectivity index is 1.36. The van der Waals surface area contributed by atoms with Gasteiger partial charge in [0.15, 0.2) is 0 Å². The Morgan fingerprint density at radius 1 is 1.04 bits per heavy atom. The number of nitrogens with one attached hydrogen (secondary N) is 1. The minimum Gasteiger partial charge on any atom is -0.497 e. The Morgan fingerprint density at radius 2 is 1.75 bits per heavy atom. The Kier molecular flexibility index (Phi) is 6.07. The molecule has 0 atom stereocenters. The zero-order valence-electron chi connectivity index (χ0n) is 17.2. The van der Waals surface area contributed by atoms with Gasteiger partial charge < -0.3 is 24.6 Å². The lowest BCUT2D eigenvalue weighted by molar-refractivity contribution is 0.0519. The molecule has 0 radical (unpaired) electrons. The summed E-state index contributed by atoms with van der Waals surface area (Å²) in [6.07, 6.45) is 6.86. The smallest absolute Gasteiger partial charge is 0.255 e. The minimum absolute atomic E-state index is 0.0380. The van der Waals surface area contributed by atoms with Gasteiger partial charge in [0.2, 0.25) is 0 Å². The van der Waals surface area contributed by atoms with Gasteiger partial charge in [-0.2, -0.15) is 0 Å². The third kappa shape index (κ3) is 4.78. The maximum atomic E-state index is 12.6. The fourth-order valence-electron chi connectivity index (χ4n) is 4.30. The van der Waals surface area contributed by atoms with E-state index in [1.165, 1.54) is 25.9 Å². The molecule has 0 unspecified atom stereocenters. The zero-order chi connectivity index (χ0) is 19.5. The minimum atomic E-state index is -0.0380. The summed E-state index contributed by atoms with van der Waals surface area (Å²) in [6.45, 7) is 4.55. The van der Waals surface area contributed by atoms with Gasteiger partial charge in [-0.1, -0.05) is 0 Å². The normalized spacial score (nSPS) is 22.8. The van der Waals surface area contributed by atoms with Crippen molar-refractivity contribution in [1.29, 1.82) is 0 Å². The van der Waals surface area contributed by atoms with Gasteiger partial charge in [-0.25, -0.2) is 0 Å². The average Bonchev–Trinajstić information content (AvgIpc) is 3.53. The molecule has 0 spiro atoms. The van der Waals surface area contributed by atoms with E-state index >= 15 is 0 Å². The lowest BCUT2D eigenvalue weighted by Crippen LogP contribution is -2.48. The summed E-state index contributed by atoms with van der Waals surface area (Å²) in [5.41, 5.74) is 0.616. The van der Waals surface area contributed by atoms with E-state index < -0.39 is 0 Å². The number of likely N-dealkylation sites (tertiary alicyclic amines) is 2. The topological polar surface area (TPSA) is 54.0 Å². The van der Waals surface area contributed by atoms with Crippen LogP contribution in [0.1, 0.15) is 48.9 Å². The molecule has 1 N–H and O–H groups in total. The Bertz CT molecular complexity index is 676. The Hall–Kier alpha value is -1.79. The first-order valence-corrected chi connectivity index (χ1v) is 10.7. The van der Waals surface area contributed by atoms with Crippen molar-refractivity contribution in [1.82, 2.24) is 15.1 Å². The summed E-state index contributed by atoms with van der Waals surface area (Å²) in [5.74, 6) is 1.33. The lowest BCUT2D eigenvalue weighted by Gasteiger charge is -2.41. The SMILES string of the molecule is COc1ccc(C(=O)NC2CC2)c(OC2CCN(C3CCN(C)CC3)CC2)c1. The molecule has 1 aromatic carbocycles. The van der Waals surface area contributed by atoms with E-state index in [1.54, 1.807) is 7.11 Å². The summed E-state index contributed by atoms with van der Waals surface area (Å²) >= 11 is 0. The second-order valence-corrected chi connectivity index (χ2v) is 8.50. The highest BCUT2D eigenvalue weighted by molar-refractivity contribution is 5.97. The predicted octanol–water partition coefficient (Wildman–Crippen LogP) is 2.52. The maximum absolute atomic E-state index is 12.6. The highest BCUT2D eigenvalue weighted by atomic mass is 16.5. The van der Waals surface area contributed by atoms with Crippen LogP contribution in [0.25, 0.3) is 0 Å². The van der Waals surface area contributed by atoms with Crippen LogP contribution in [0.4, 0.5) is 0 Å². The summed E-state index contributed by atoms with van der Waals surface area (Å²) in [4.78, 5) is 17.7. The summed E-state index contributed by atoms with van der Waals surface area (Å²) in [7, 11) is 3.85. The number of hydrogen-bond acceptors (Lipinski definition) is 5. The molecule has 3 fully saturated rings. The third-order valence-corrected chi connectivity index (χ3v) is 6.32. The molecule has 4 rings (SSSR count). The Morgan fingerprint density at radius 3 is 2.39 bits per heavy atom. The molecule has 6 heteroatoms. The fraction of sp³-hybridized carbons (Fsp3) is 0.682. The zero-order valence-corrected chi connectivity index (χ0v) is 17.2. The molecule has 2 heterocycles. The average molecular weight is 388 g/mol. The number of amides is 1. The predicted molar refractivity (Wildman–Crippen MR) is 109 cm³/mol. The first-order valence-electron chi connectivity index (χ1n) is 10.7.